The summed E-state index contributed by atoms with van der Waals surface area (Å²) < 4.78 is 0. The lowest BCUT2D eigenvalue weighted by molar-refractivity contribution is -0.207. The summed E-state index contributed by atoms with van der Waals surface area (Å²) in [5, 5.41) is 45.0. The topological polar surface area (TPSA) is 127 Å². The van der Waals surface area contributed by atoms with Crippen molar-refractivity contribution < 1.29 is 30.0 Å². The number of amides is 1. The Kier molecular flexibility index (Phi) is 8.43. The Bertz CT molecular complexity index is 805. The molecular formula is C29H49NO6. The van der Waals surface area contributed by atoms with E-state index in [1.54, 1.807) is 0 Å². The van der Waals surface area contributed by atoms with E-state index >= 15 is 0 Å². The average molecular weight is 508 g/mol. The van der Waals surface area contributed by atoms with Crippen LogP contribution in [0.3, 0.4) is 0 Å². The van der Waals surface area contributed by atoms with Crippen LogP contribution in [0.2, 0.25) is 0 Å². The van der Waals surface area contributed by atoms with Gasteiger partial charge in [0.05, 0.1) is 18.3 Å². The van der Waals surface area contributed by atoms with E-state index in [-0.39, 0.29) is 41.3 Å². The molecule has 5 N–H and O–H groups in total. The Morgan fingerprint density at radius 3 is 2.44 bits per heavy atom. The summed E-state index contributed by atoms with van der Waals surface area (Å²) in [7, 11) is 0. The molecular weight excluding hydrogens is 458 g/mol. The second kappa shape index (κ2) is 10.9. The maximum absolute atomic E-state index is 12.4. The van der Waals surface area contributed by atoms with E-state index in [4.69, 9.17) is 5.11 Å². The van der Waals surface area contributed by atoms with Crippen LogP contribution in [0.5, 0.6) is 0 Å². The van der Waals surface area contributed by atoms with E-state index in [1.165, 1.54) is 0 Å². The second-order valence-electron chi connectivity index (χ2n) is 13.2. The molecule has 11 atom stereocenters. The fraction of sp³-hybridized carbons (Fsp3) is 0.931. The third-order valence-electron chi connectivity index (χ3n) is 11.5. The molecule has 206 valence electrons. The molecule has 5 unspecified atom stereocenters. The van der Waals surface area contributed by atoms with Gasteiger partial charge in [-0.2, -0.15) is 0 Å². The number of unbranched alkanes of at least 4 members (excludes halogenated alkanes) is 1. The molecule has 4 fully saturated rings. The first kappa shape index (κ1) is 27.8. The highest BCUT2D eigenvalue weighted by Gasteiger charge is 2.65. The van der Waals surface area contributed by atoms with Crippen molar-refractivity contribution >= 4 is 11.9 Å². The molecule has 4 rings (SSSR count). The molecule has 36 heavy (non-hydrogen) atoms. The van der Waals surface area contributed by atoms with Crippen molar-refractivity contribution in [1.29, 1.82) is 0 Å². The number of fused-ring (bicyclic) bond motifs is 5. The molecule has 4 aliphatic carbocycles. The van der Waals surface area contributed by atoms with Crippen LogP contribution in [0.1, 0.15) is 97.8 Å². The third-order valence-corrected chi connectivity index (χ3v) is 11.5. The maximum atomic E-state index is 12.4. The highest BCUT2D eigenvalue weighted by atomic mass is 16.4. The number of carboxylic acid groups (broad SMARTS) is 1. The number of nitrogens with one attached hydrogen (secondary N) is 1. The maximum Gasteiger partial charge on any atom is 0.303 e. The number of aliphatic hydroxyl groups excluding tert-OH is 3. The Labute approximate surface area is 216 Å². The molecule has 4 aliphatic rings. The fourth-order valence-electron chi connectivity index (χ4n) is 9.41. The zero-order valence-corrected chi connectivity index (χ0v) is 22.5. The monoisotopic (exact) mass is 507 g/mol. The van der Waals surface area contributed by atoms with Crippen molar-refractivity contribution in [2.75, 3.05) is 6.54 Å². The molecule has 0 radical (unpaired) electrons. The predicted molar refractivity (Wildman–Crippen MR) is 137 cm³/mol. The van der Waals surface area contributed by atoms with Crippen molar-refractivity contribution in [3.8, 4) is 0 Å². The van der Waals surface area contributed by atoms with Gasteiger partial charge >= 0.3 is 5.97 Å². The van der Waals surface area contributed by atoms with Crippen LogP contribution < -0.4 is 5.32 Å². The molecule has 0 heterocycles. The highest BCUT2D eigenvalue weighted by Crippen LogP contribution is 2.68. The standard InChI is InChI=1S/C29H49NO6/c1-17(7-10-25(34)30-13-5-4-6-26(35)36)20-8-9-21-27-22(16-24(33)29(20,21)3)28(2)12-11-19(31)14-18(28)15-23(27)32/h17-24,27,31-33H,4-16H2,1-3H3,(H,30,34)(H,35,36)/t17?,18?,19-,20-,21?,22?,23-,24+,27?,28+,29-/m1/s1. The van der Waals surface area contributed by atoms with Crippen LogP contribution >= 0.6 is 0 Å². The van der Waals surface area contributed by atoms with E-state index in [0.717, 1.165) is 51.4 Å². The summed E-state index contributed by atoms with van der Waals surface area (Å²) >= 11 is 0. The van der Waals surface area contributed by atoms with Gasteiger partial charge in [-0.3, -0.25) is 9.59 Å². The van der Waals surface area contributed by atoms with Crippen molar-refractivity contribution in [2.45, 2.75) is 116 Å². The molecule has 4 saturated carbocycles. The van der Waals surface area contributed by atoms with E-state index in [1.807, 2.05) is 0 Å². The fourth-order valence-corrected chi connectivity index (χ4v) is 9.41. The molecule has 0 aromatic heterocycles. The molecule has 7 nitrogen and oxygen atoms in total. The van der Waals surface area contributed by atoms with Crippen molar-refractivity contribution in [3.05, 3.63) is 0 Å². The first-order valence-electron chi connectivity index (χ1n) is 14.5. The average Bonchev–Trinajstić information content (AvgIpc) is 3.17. The number of carbonyl (C=O) groups is 2. The summed E-state index contributed by atoms with van der Waals surface area (Å²) in [4.78, 5) is 23.0. The second-order valence-corrected chi connectivity index (χ2v) is 13.2. The molecule has 0 spiro atoms. The minimum absolute atomic E-state index is 0.0160. The van der Waals surface area contributed by atoms with Gasteiger partial charge in [-0.1, -0.05) is 20.8 Å². The number of aliphatic carboxylic acids is 1. The Morgan fingerprint density at radius 1 is 0.972 bits per heavy atom. The van der Waals surface area contributed by atoms with Gasteiger partial charge < -0.3 is 25.7 Å². The predicted octanol–water partition coefficient (Wildman–Crippen LogP) is 3.74. The molecule has 0 bridgehead atoms. The van der Waals surface area contributed by atoms with E-state index in [0.29, 0.717) is 55.4 Å². The largest absolute Gasteiger partial charge is 0.481 e. The van der Waals surface area contributed by atoms with E-state index in [2.05, 4.69) is 26.1 Å². The number of rotatable bonds is 9. The lowest BCUT2D eigenvalue weighted by Gasteiger charge is -2.63. The number of hydrogen-bond acceptors (Lipinski definition) is 5. The third kappa shape index (κ3) is 5.09. The summed E-state index contributed by atoms with van der Waals surface area (Å²) in [6.07, 6.45) is 7.71. The molecule has 0 aromatic carbocycles. The lowest BCUT2D eigenvalue weighted by Crippen LogP contribution is -2.62. The van der Waals surface area contributed by atoms with E-state index in [9.17, 15) is 24.9 Å². The number of carbonyl (C=O) groups excluding carboxylic acids is 1. The molecule has 0 aliphatic heterocycles. The SMILES string of the molecule is CC(CCC(=O)NCCCCC(=O)O)[C@H]1CCC2C3C(C[C@H](O)[C@@]21C)[C@@]1(C)CC[C@@H](O)CC1C[C@H]3O. The van der Waals surface area contributed by atoms with Gasteiger partial charge in [0.25, 0.3) is 0 Å². The van der Waals surface area contributed by atoms with Crippen LogP contribution in [-0.4, -0.2) is 57.2 Å². The normalized spacial score (nSPS) is 44.7. The number of carboxylic acids is 1. The van der Waals surface area contributed by atoms with Gasteiger partial charge in [0, 0.05) is 19.4 Å². The minimum atomic E-state index is -0.804. The van der Waals surface area contributed by atoms with Gasteiger partial charge in [-0.05, 0) is 111 Å². The lowest BCUT2D eigenvalue weighted by atomic mass is 9.43. The highest BCUT2D eigenvalue weighted by molar-refractivity contribution is 5.75. The van der Waals surface area contributed by atoms with Crippen LogP contribution in [0.4, 0.5) is 0 Å². The molecule has 1 amide bonds. The van der Waals surface area contributed by atoms with Gasteiger partial charge in [-0.15, -0.1) is 0 Å². The summed E-state index contributed by atoms with van der Waals surface area (Å²) in [6.45, 7) is 7.34. The van der Waals surface area contributed by atoms with Gasteiger partial charge in [0.1, 0.15) is 0 Å². The van der Waals surface area contributed by atoms with Crippen molar-refractivity contribution in [3.63, 3.8) is 0 Å². The Balaban J connectivity index is 1.37. The first-order chi connectivity index (χ1) is 17.0. The van der Waals surface area contributed by atoms with Crippen molar-refractivity contribution in [1.82, 2.24) is 5.32 Å². The van der Waals surface area contributed by atoms with Crippen molar-refractivity contribution in [2.24, 2.45) is 46.3 Å². The number of hydrogen-bond donors (Lipinski definition) is 5. The summed E-state index contributed by atoms with van der Waals surface area (Å²) in [6, 6.07) is 0. The van der Waals surface area contributed by atoms with Crippen LogP contribution in [-0.2, 0) is 9.59 Å². The number of aliphatic hydroxyl groups is 3. The first-order valence-corrected chi connectivity index (χ1v) is 14.5. The van der Waals surface area contributed by atoms with Crippen LogP contribution in [0, 0.1) is 46.3 Å². The minimum Gasteiger partial charge on any atom is -0.481 e. The zero-order valence-electron chi connectivity index (χ0n) is 22.5. The van der Waals surface area contributed by atoms with Gasteiger partial charge in [-0.25, -0.2) is 0 Å². The van der Waals surface area contributed by atoms with Gasteiger partial charge in [0.2, 0.25) is 5.91 Å². The van der Waals surface area contributed by atoms with Crippen LogP contribution in [0.25, 0.3) is 0 Å². The van der Waals surface area contributed by atoms with E-state index < -0.39 is 12.1 Å². The zero-order chi connectivity index (χ0) is 26.3. The molecule has 0 aromatic rings. The molecule has 0 saturated heterocycles. The Morgan fingerprint density at radius 2 is 1.72 bits per heavy atom. The summed E-state index contributed by atoms with van der Waals surface area (Å²) in [5.41, 5.74) is -0.163. The Hall–Kier alpha value is -1.18. The van der Waals surface area contributed by atoms with Gasteiger partial charge in [0.15, 0.2) is 0 Å². The molecule has 7 heteroatoms. The smallest absolute Gasteiger partial charge is 0.303 e. The van der Waals surface area contributed by atoms with Crippen LogP contribution in [0.15, 0.2) is 0 Å². The summed E-state index contributed by atoms with van der Waals surface area (Å²) in [5.74, 6) is 0.970. The quantitative estimate of drug-likeness (QED) is 0.303.